The molecule has 1 aromatic rings. The van der Waals surface area contributed by atoms with Crippen molar-refractivity contribution in [1.82, 2.24) is 10.2 Å². The fourth-order valence-corrected chi connectivity index (χ4v) is 2.91. The van der Waals surface area contributed by atoms with Gasteiger partial charge in [0.25, 0.3) is 5.91 Å². The van der Waals surface area contributed by atoms with E-state index in [1.54, 1.807) is 24.1 Å². The number of amides is 2. The largest absolute Gasteiger partial charge is 0.359 e. The molecule has 1 aliphatic heterocycles. The molecule has 1 saturated heterocycles. The van der Waals surface area contributed by atoms with Gasteiger partial charge >= 0.3 is 0 Å². The fourth-order valence-electron chi connectivity index (χ4n) is 2.39. The Morgan fingerprint density at radius 2 is 2.20 bits per heavy atom. The standard InChI is InChI=1S/C14H16ClIN2O2/c1-17-13(19)10-3-2-6-18(8-10)14(20)9-4-5-12(16)11(15)7-9/h4-5,7,10H,2-3,6,8H2,1H3,(H,17,19). The Bertz CT molecular complexity index is 536. The van der Waals surface area contributed by atoms with Crippen LogP contribution in [0.3, 0.4) is 0 Å². The molecule has 0 aromatic heterocycles. The molecule has 20 heavy (non-hydrogen) atoms. The minimum atomic E-state index is -0.114. The van der Waals surface area contributed by atoms with Gasteiger partial charge in [0, 0.05) is 29.3 Å². The summed E-state index contributed by atoms with van der Waals surface area (Å²) in [6.07, 6.45) is 1.68. The van der Waals surface area contributed by atoms with Crippen LogP contribution in [-0.2, 0) is 4.79 Å². The van der Waals surface area contributed by atoms with Gasteiger partial charge in [0.15, 0.2) is 0 Å². The summed E-state index contributed by atoms with van der Waals surface area (Å²) in [4.78, 5) is 25.9. The zero-order valence-corrected chi connectivity index (χ0v) is 14.1. The summed E-state index contributed by atoms with van der Waals surface area (Å²) >= 11 is 8.18. The van der Waals surface area contributed by atoms with Crippen LogP contribution >= 0.6 is 34.2 Å². The van der Waals surface area contributed by atoms with Crippen LogP contribution in [0, 0.1) is 9.49 Å². The first-order chi connectivity index (χ1) is 9.52. The molecular formula is C14H16ClIN2O2. The lowest BCUT2D eigenvalue weighted by atomic mass is 9.96. The molecule has 6 heteroatoms. The van der Waals surface area contributed by atoms with Crippen molar-refractivity contribution in [3.63, 3.8) is 0 Å². The Labute approximate surface area is 137 Å². The Hall–Kier alpha value is -0.820. The second kappa shape index (κ2) is 6.76. The van der Waals surface area contributed by atoms with Crippen LogP contribution in [0.1, 0.15) is 23.2 Å². The van der Waals surface area contributed by atoms with Crippen LogP contribution in [0.25, 0.3) is 0 Å². The minimum absolute atomic E-state index is 0.00291. The smallest absolute Gasteiger partial charge is 0.253 e. The molecule has 0 radical (unpaired) electrons. The maximum atomic E-state index is 12.5. The SMILES string of the molecule is CNC(=O)C1CCCN(C(=O)c2ccc(I)c(Cl)c2)C1. The van der Waals surface area contributed by atoms with E-state index in [2.05, 4.69) is 27.9 Å². The molecule has 0 aliphatic carbocycles. The van der Waals surface area contributed by atoms with Crippen molar-refractivity contribution in [2.45, 2.75) is 12.8 Å². The second-order valence-corrected chi connectivity index (χ2v) is 6.40. The first kappa shape index (κ1) is 15.6. The highest BCUT2D eigenvalue weighted by Gasteiger charge is 2.28. The number of nitrogens with zero attached hydrogens (tertiary/aromatic N) is 1. The van der Waals surface area contributed by atoms with E-state index in [0.717, 1.165) is 16.4 Å². The number of hydrogen-bond acceptors (Lipinski definition) is 2. The maximum absolute atomic E-state index is 12.5. The van der Waals surface area contributed by atoms with Crippen LogP contribution < -0.4 is 5.32 Å². The predicted octanol–water partition coefficient (Wildman–Crippen LogP) is 2.54. The number of rotatable bonds is 2. The van der Waals surface area contributed by atoms with Gasteiger partial charge in [-0.3, -0.25) is 9.59 Å². The van der Waals surface area contributed by atoms with Crippen molar-refractivity contribution in [3.05, 3.63) is 32.4 Å². The van der Waals surface area contributed by atoms with Crippen molar-refractivity contribution in [3.8, 4) is 0 Å². The summed E-state index contributed by atoms with van der Waals surface area (Å²) in [5.74, 6) is -0.169. The highest BCUT2D eigenvalue weighted by molar-refractivity contribution is 14.1. The van der Waals surface area contributed by atoms with Crippen molar-refractivity contribution in [1.29, 1.82) is 0 Å². The van der Waals surface area contributed by atoms with Crippen LogP contribution in [0.2, 0.25) is 5.02 Å². The molecule has 1 unspecified atom stereocenters. The van der Waals surface area contributed by atoms with E-state index in [1.807, 2.05) is 6.07 Å². The number of piperidine rings is 1. The van der Waals surface area contributed by atoms with Gasteiger partial charge in [0.1, 0.15) is 0 Å². The van der Waals surface area contributed by atoms with E-state index >= 15 is 0 Å². The monoisotopic (exact) mass is 406 g/mol. The van der Waals surface area contributed by atoms with Crippen LogP contribution in [0.5, 0.6) is 0 Å². The second-order valence-electron chi connectivity index (χ2n) is 4.83. The number of nitrogens with one attached hydrogen (secondary N) is 1. The molecule has 2 rings (SSSR count). The Balaban J connectivity index is 2.12. The molecule has 1 aliphatic rings. The topological polar surface area (TPSA) is 49.4 Å². The molecule has 1 heterocycles. The number of halogens is 2. The number of carbonyl (C=O) groups is 2. The summed E-state index contributed by atoms with van der Waals surface area (Å²) in [5.41, 5.74) is 0.577. The van der Waals surface area contributed by atoms with Crippen LogP contribution in [-0.4, -0.2) is 36.9 Å². The molecular weight excluding hydrogens is 391 g/mol. The molecule has 0 spiro atoms. The lowest BCUT2D eigenvalue weighted by Gasteiger charge is -2.32. The number of carbonyl (C=O) groups excluding carboxylic acids is 2. The van der Waals surface area contributed by atoms with E-state index in [4.69, 9.17) is 11.6 Å². The van der Waals surface area contributed by atoms with E-state index < -0.39 is 0 Å². The van der Waals surface area contributed by atoms with E-state index in [9.17, 15) is 9.59 Å². The molecule has 2 amide bonds. The quantitative estimate of drug-likeness (QED) is 0.768. The zero-order valence-electron chi connectivity index (χ0n) is 11.2. The first-order valence-electron chi connectivity index (χ1n) is 6.49. The van der Waals surface area contributed by atoms with Gasteiger partial charge in [-0.25, -0.2) is 0 Å². The molecule has 1 fully saturated rings. The third-order valence-electron chi connectivity index (χ3n) is 3.49. The van der Waals surface area contributed by atoms with Crippen LogP contribution in [0.15, 0.2) is 18.2 Å². The molecule has 1 N–H and O–H groups in total. The van der Waals surface area contributed by atoms with Crippen molar-refractivity contribution in [2.75, 3.05) is 20.1 Å². The van der Waals surface area contributed by atoms with Gasteiger partial charge in [0.05, 0.1) is 10.9 Å². The molecule has 108 valence electrons. The van der Waals surface area contributed by atoms with E-state index in [0.29, 0.717) is 23.7 Å². The third kappa shape index (κ3) is 3.44. The molecule has 4 nitrogen and oxygen atoms in total. The van der Waals surface area contributed by atoms with Crippen molar-refractivity contribution < 1.29 is 9.59 Å². The van der Waals surface area contributed by atoms with Gasteiger partial charge < -0.3 is 10.2 Å². The number of hydrogen-bond donors (Lipinski definition) is 1. The highest BCUT2D eigenvalue weighted by Crippen LogP contribution is 2.23. The third-order valence-corrected chi connectivity index (χ3v) is 5.06. The van der Waals surface area contributed by atoms with Crippen LogP contribution in [0.4, 0.5) is 0 Å². The van der Waals surface area contributed by atoms with Gasteiger partial charge in [0.2, 0.25) is 5.91 Å². The van der Waals surface area contributed by atoms with E-state index in [1.165, 1.54) is 0 Å². The Morgan fingerprint density at radius 3 is 2.85 bits per heavy atom. The fraction of sp³-hybridized carbons (Fsp3) is 0.429. The molecule has 0 bridgehead atoms. The molecule has 1 atom stereocenters. The lowest BCUT2D eigenvalue weighted by Crippen LogP contribution is -2.44. The molecule has 1 aromatic carbocycles. The lowest BCUT2D eigenvalue weighted by molar-refractivity contribution is -0.125. The highest BCUT2D eigenvalue weighted by atomic mass is 127. The molecule has 0 saturated carbocycles. The van der Waals surface area contributed by atoms with Crippen molar-refractivity contribution in [2.24, 2.45) is 5.92 Å². The van der Waals surface area contributed by atoms with Gasteiger partial charge in [-0.05, 0) is 53.6 Å². The normalized spacial score (nSPS) is 18.8. The number of benzene rings is 1. The Morgan fingerprint density at radius 1 is 1.45 bits per heavy atom. The first-order valence-corrected chi connectivity index (χ1v) is 7.94. The van der Waals surface area contributed by atoms with E-state index in [-0.39, 0.29) is 17.7 Å². The summed E-state index contributed by atoms with van der Waals surface area (Å²) in [6, 6.07) is 5.30. The Kier molecular flexibility index (Phi) is 5.26. The summed E-state index contributed by atoms with van der Waals surface area (Å²) in [7, 11) is 1.63. The average Bonchev–Trinajstić information content (AvgIpc) is 2.48. The minimum Gasteiger partial charge on any atom is -0.359 e. The van der Waals surface area contributed by atoms with Gasteiger partial charge in [-0.2, -0.15) is 0 Å². The summed E-state index contributed by atoms with van der Waals surface area (Å²) < 4.78 is 0.919. The van der Waals surface area contributed by atoms with Gasteiger partial charge in [-0.1, -0.05) is 11.6 Å². The maximum Gasteiger partial charge on any atom is 0.253 e. The summed E-state index contributed by atoms with van der Waals surface area (Å²) in [6.45, 7) is 1.16. The number of likely N-dealkylation sites (tertiary alicyclic amines) is 1. The predicted molar refractivity (Wildman–Crippen MR) is 86.9 cm³/mol. The zero-order chi connectivity index (χ0) is 14.7. The summed E-state index contributed by atoms with van der Waals surface area (Å²) in [5, 5.41) is 3.23. The average molecular weight is 407 g/mol. The van der Waals surface area contributed by atoms with Crippen molar-refractivity contribution >= 4 is 46.0 Å². The van der Waals surface area contributed by atoms with Gasteiger partial charge in [-0.15, -0.1) is 0 Å².